The zero-order valence-corrected chi connectivity index (χ0v) is 12.5. The summed E-state index contributed by atoms with van der Waals surface area (Å²) in [6, 6.07) is 8.07. The highest BCUT2D eigenvalue weighted by Gasteiger charge is 2.38. The molecule has 0 aliphatic carbocycles. The second-order valence-electron chi connectivity index (χ2n) is 5.96. The van der Waals surface area contributed by atoms with E-state index in [1.807, 2.05) is 28.0 Å². The van der Waals surface area contributed by atoms with Crippen LogP contribution in [-0.2, 0) is 16.0 Å². The third kappa shape index (κ3) is 2.67. The molecule has 1 fully saturated rings. The number of fused-ring (bicyclic) bond motifs is 1. The summed E-state index contributed by atoms with van der Waals surface area (Å²) in [6.07, 6.45) is 3.38. The zero-order chi connectivity index (χ0) is 14.8. The average molecular weight is 286 g/mol. The van der Waals surface area contributed by atoms with E-state index in [0.717, 1.165) is 38.0 Å². The summed E-state index contributed by atoms with van der Waals surface area (Å²) in [5.74, 6) is 0.0853. The van der Waals surface area contributed by atoms with Gasteiger partial charge in [-0.05, 0) is 24.5 Å². The van der Waals surface area contributed by atoms with Crippen LogP contribution >= 0.6 is 0 Å². The number of nitrogens with zero attached hydrogens (tertiary/aromatic N) is 2. The van der Waals surface area contributed by atoms with Gasteiger partial charge in [-0.25, -0.2) is 0 Å². The van der Waals surface area contributed by atoms with Crippen LogP contribution in [-0.4, -0.2) is 36.3 Å². The number of amides is 2. The van der Waals surface area contributed by atoms with Crippen molar-refractivity contribution in [1.82, 2.24) is 4.90 Å². The van der Waals surface area contributed by atoms with Crippen LogP contribution in [0.15, 0.2) is 24.3 Å². The van der Waals surface area contributed by atoms with Crippen LogP contribution in [0, 0.1) is 5.92 Å². The van der Waals surface area contributed by atoms with Crippen LogP contribution in [0.4, 0.5) is 5.69 Å². The molecule has 1 unspecified atom stereocenters. The molecule has 1 saturated heterocycles. The van der Waals surface area contributed by atoms with E-state index in [9.17, 15) is 9.59 Å². The lowest BCUT2D eigenvalue weighted by Gasteiger charge is -2.21. The fourth-order valence-electron chi connectivity index (χ4n) is 3.29. The maximum absolute atomic E-state index is 12.7. The van der Waals surface area contributed by atoms with E-state index in [1.54, 1.807) is 0 Å². The van der Waals surface area contributed by atoms with E-state index in [1.165, 1.54) is 5.56 Å². The van der Waals surface area contributed by atoms with Gasteiger partial charge in [0, 0.05) is 31.7 Å². The van der Waals surface area contributed by atoms with Crippen molar-refractivity contribution in [3.8, 4) is 0 Å². The van der Waals surface area contributed by atoms with Crippen LogP contribution in [0.3, 0.4) is 0 Å². The molecule has 0 bridgehead atoms. The molecule has 0 N–H and O–H groups in total. The standard InChI is InChI=1S/C17H22N2O2/c1-2-3-9-18-12-14(11-16(18)20)17(21)19-10-8-13-6-4-5-7-15(13)19/h4-7,14H,2-3,8-12H2,1H3. The van der Waals surface area contributed by atoms with Crippen LogP contribution in [0.5, 0.6) is 0 Å². The second-order valence-corrected chi connectivity index (χ2v) is 5.96. The van der Waals surface area contributed by atoms with Crippen molar-refractivity contribution in [1.29, 1.82) is 0 Å². The lowest BCUT2D eigenvalue weighted by Crippen LogP contribution is -2.36. The first-order valence-corrected chi connectivity index (χ1v) is 7.87. The second kappa shape index (κ2) is 5.88. The number of hydrogen-bond acceptors (Lipinski definition) is 2. The van der Waals surface area contributed by atoms with Crippen molar-refractivity contribution < 1.29 is 9.59 Å². The van der Waals surface area contributed by atoms with Gasteiger partial charge in [0.1, 0.15) is 0 Å². The van der Waals surface area contributed by atoms with Crippen molar-refractivity contribution in [2.45, 2.75) is 32.6 Å². The van der Waals surface area contributed by atoms with Gasteiger partial charge < -0.3 is 9.80 Å². The van der Waals surface area contributed by atoms with E-state index in [0.29, 0.717) is 13.0 Å². The Bertz CT molecular complexity index is 555. The molecule has 2 aliphatic heterocycles. The molecule has 1 aromatic rings. The Hall–Kier alpha value is -1.84. The highest BCUT2D eigenvalue weighted by Crippen LogP contribution is 2.31. The first-order valence-electron chi connectivity index (χ1n) is 7.87. The van der Waals surface area contributed by atoms with Crippen LogP contribution in [0.25, 0.3) is 0 Å². The number of para-hydroxylation sites is 1. The number of hydrogen-bond donors (Lipinski definition) is 0. The molecule has 0 radical (unpaired) electrons. The molecule has 112 valence electrons. The van der Waals surface area contributed by atoms with Gasteiger partial charge in [-0.15, -0.1) is 0 Å². The first-order chi connectivity index (χ1) is 10.2. The molecule has 4 nitrogen and oxygen atoms in total. The Morgan fingerprint density at radius 3 is 2.95 bits per heavy atom. The minimum absolute atomic E-state index is 0.118. The van der Waals surface area contributed by atoms with E-state index in [4.69, 9.17) is 0 Å². The topological polar surface area (TPSA) is 40.6 Å². The Kier molecular flexibility index (Phi) is 3.95. The van der Waals surface area contributed by atoms with Gasteiger partial charge in [-0.3, -0.25) is 9.59 Å². The normalized spacial score (nSPS) is 21.0. The molecule has 1 aromatic carbocycles. The molecule has 1 atom stereocenters. The van der Waals surface area contributed by atoms with Crippen molar-refractivity contribution in [3.05, 3.63) is 29.8 Å². The maximum atomic E-state index is 12.7. The van der Waals surface area contributed by atoms with E-state index < -0.39 is 0 Å². The predicted molar refractivity (Wildman–Crippen MR) is 82.1 cm³/mol. The summed E-state index contributed by atoms with van der Waals surface area (Å²) in [6.45, 7) is 4.24. The summed E-state index contributed by atoms with van der Waals surface area (Å²) >= 11 is 0. The number of anilines is 1. The summed E-state index contributed by atoms with van der Waals surface area (Å²) in [7, 11) is 0. The lowest BCUT2D eigenvalue weighted by molar-refractivity contribution is -0.128. The smallest absolute Gasteiger partial charge is 0.232 e. The molecule has 2 heterocycles. The summed E-state index contributed by atoms with van der Waals surface area (Å²) in [5, 5.41) is 0. The number of likely N-dealkylation sites (tertiary alicyclic amines) is 1. The third-order valence-electron chi connectivity index (χ3n) is 4.50. The lowest BCUT2D eigenvalue weighted by atomic mass is 10.1. The Morgan fingerprint density at radius 1 is 1.33 bits per heavy atom. The molecular formula is C17H22N2O2. The molecule has 4 heteroatoms. The van der Waals surface area contributed by atoms with Crippen LogP contribution in [0.2, 0.25) is 0 Å². The molecule has 2 aliphatic rings. The largest absolute Gasteiger partial charge is 0.342 e. The molecule has 0 aromatic heterocycles. The number of benzene rings is 1. The van der Waals surface area contributed by atoms with Crippen LogP contribution < -0.4 is 4.90 Å². The number of carbonyl (C=O) groups excluding carboxylic acids is 2. The monoisotopic (exact) mass is 286 g/mol. The third-order valence-corrected chi connectivity index (χ3v) is 4.50. The van der Waals surface area contributed by atoms with Crippen molar-refractivity contribution in [2.75, 3.05) is 24.5 Å². The molecular weight excluding hydrogens is 264 g/mol. The summed E-state index contributed by atoms with van der Waals surface area (Å²) in [5.41, 5.74) is 2.26. The predicted octanol–water partition coefficient (Wildman–Crippen LogP) is 2.22. The van der Waals surface area contributed by atoms with E-state index in [-0.39, 0.29) is 17.7 Å². The van der Waals surface area contributed by atoms with Gasteiger partial charge in [-0.2, -0.15) is 0 Å². The summed E-state index contributed by atoms with van der Waals surface area (Å²) in [4.78, 5) is 28.5. The van der Waals surface area contributed by atoms with Gasteiger partial charge in [0.05, 0.1) is 5.92 Å². The Morgan fingerprint density at radius 2 is 2.14 bits per heavy atom. The van der Waals surface area contributed by atoms with Gasteiger partial charge in [0.25, 0.3) is 0 Å². The molecule has 0 spiro atoms. The minimum Gasteiger partial charge on any atom is -0.342 e. The SMILES string of the molecule is CCCCN1CC(C(=O)N2CCc3ccccc32)CC1=O. The van der Waals surface area contributed by atoms with Crippen molar-refractivity contribution in [2.24, 2.45) is 5.92 Å². The average Bonchev–Trinajstić information content (AvgIpc) is 3.08. The molecule has 21 heavy (non-hydrogen) atoms. The Labute approximate surface area is 125 Å². The maximum Gasteiger partial charge on any atom is 0.232 e. The first kappa shape index (κ1) is 14.1. The number of rotatable bonds is 4. The number of carbonyl (C=O) groups is 2. The van der Waals surface area contributed by atoms with Gasteiger partial charge in [0.15, 0.2) is 0 Å². The fraction of sp³-hybridized carbons (Fsp3) is 0.529. The van der Waals surface area contributed by atoms with Crippen molar-refractivity contribution in [3.63, 3.8) is 0 Å². The zero-order valence-electron chi connectivity index (χ0n) is 12.5. The molecule has 2 amide bonds. The molecule has 3 rings (SSSR count). The highest BCUT2D eigenvalue weighted by atomic mass is 16.2. The quantitative estimate of drug-likeness (QED) is 0.851. The van der Waals surface area contributed by atoms with Crippen molar-refractivity contribution >= 4 is 17.5 Å². The van der Waals surface area contributed by atoms with Gasteiger partial charge in [0.2, 0.25) is 11.8 Å². The Balaban J connectivity index is 1.69. The minimum atomic E-state index is -0.166. The van der Waals surface area contributed by atoms with Gasteiger partial charge in [-0.1, -0.05) is 31.5 Å². The van der Waals surface area contributed by atoms with E-state index >= 15 is 0 Å². The summed E-state index contributed by atoms with van der Waals surface area (Å²) < 4.78 is 0. The van der Waals surface area contributed by atoms with Crippen LogP contribution in [0.1, 0.15) is 31.7 Å². The van der Waals surface area contributed by atoms with E-state index in [2.05, 4.69) is 13.0 Å². The molecule has 0 saturated carbocycles. The van der Waals surface area contributed by atoms with Gasteiger partial charge >= 0.3 is 0 Å². The number of unbranched alkanes of at least 4 members (excludes halogenated alkanes) is 1. The fourth-order valence-corrected chi connectivity index (χ4v) is 3.29. The highest BCUT2D eigenvalue weighted by molar-refractivity contribution is 6.00.